The van der Waals surface area contributed by atoms with E-state index in [9.17, 15) is 8.42 Å². The summed E-state index contributed by atoms with van der Waals surface area (Å²) >= 11 is 0. The molecule has 6 heteroatoms. The summed E-state index contributed by atoms with van der Waals surface area (Å²) in [6.45, 7) is 5.03. The SMILES string of the molecule is CCCc1ccc(OCCNS(=O)(=O)c2ccc(OCC)cc2)cc1. The Morgan fingerprint density at radius 1 is 0.880 bits per heavy atom. The van der Waals surface area contributed by atoms with Crippen LogP contribution < -0.4 is 14.2 Å². The van der Waals surface area contributed by atoms with Crippen LogP contribution in [0, 0.1) is 0 Å². The standard InChI is InChI=1S/C19H25NO4S/c1-3-5-16-6-8-18(9-7-16)24-15-14-20-25(21,22)19-12-10-17(11-13-19)23-4-2/h6-13,20H,3-5,14-15H2,1-2H3. The van der Waals surface area contributed by atoms with E-state index in [1.54, 1.807) is 12.1 Å². The number of benzene rings is 2. The first-order valence-electron chi connectivity index (χ1n) is 8.49. The van der Waals surface area contributed by atoms with E-state index in [2.05, 4.69) is 11.6 Å². The fourth-order valence-corrected chi connectivity index (χ4v) is 3.36. The van der Waals surface area contributed by atoms with E-state index in [0.717, 1.165) is 18.6 Å². The van der Waals surface area contributed by atoms with Crippen molar-refractivity contribution >= 4 is 10.0 Å². The zero-order valence-electron chi connectivity index (χ0n) is 14.7. The average molecular weight is 363 g/mol. The number of aryl methyl sites for hydroxylation is 1. The molecule has 136 valence electrons. The lowest BCUT2D eigenvalue weighted by Crippen LogP contribution is -2.28. The molecule has 0 spiro atoms. The minimum atomic E-state index is -3.55. The maximum Gasteiger partial charge on any atom is 0.240 e. The molecular weight excluding hydrogens is 338 g/mol. The van der Waals surface area contributed by atoms with Crippen molar-refractivity contribution in [3.63, 3.8) is 0 Å². The average Bonchev–Trinajstić information content (AvgIpc) is 2.61. The van der Waals surface area contributed by atoms with Gasteiger partial charge in [0.2, 0.25) is 10.0 Å². The molecule has 0 unspecified atom stereocenters. The summed E-state index contributed by atoms with van der Waals surface area (Å²) in [4.78, 5) is 0.208. The Kier molecular flexibility index (Phi) is 7.28. The lowest BCUT2D eigenvalue weighted by atomic mass is 10.1. The Morgan fingerprint density at radius 3 is 2.08 bits per heavy atom. The minimum Gasteiger partial charge on any atom is -0.494 e. The van der Waals surface area contributed by atoms with Crippen molar-refractivity contribution in [2.75, 3.05) is 19.8 Å². The van der Waals surface area contributed by atoms with Crippen molar-refractivity contribution in [3.05, 3.63) is 54.1 Å². The van der Waals surface area contributed by atoms with Crippen LogP contribution in [0.15, 0.2) is 53.4 Å². The van der Waals surface area contributed by atoms with Crippen LogP contribution in [0.4, 0.5) is 0 Å². The first-order chi connectivity index (χ1) is 12.0. The molecule has 0 aliphatic heterocycles. The normalized spacial score (nSPS) is 11.3. The molecule has 0 aromatic heterocycles. The summed E-state index contributed by atoms with van der Waals surface area (Å²) < 4.78 is 37.9. The van der Waals surface area contributed by atoms with Crippen molar-refractivity contribution < 1.29 is 17.9 Å². The smallest absolute Gasteiger partial charge is 0.240 e. The molecule has 0 heterocycles. The Bertz CT molecular complexity index is 740. The van der Waals surface area contributed by atoms with Crippen LogP contribution in [-0.4, -0.2) is 28.2 Å². The summed E-state index contributed by atoms with van der Waals surface area (Å²) in [5.74, 6) is 1.39. The van der Waals surface area contributed by atoms with Gasteiger partial charge in [-0.15, -0.1) is 0 Å². The van der Waals surface area contributed by atoms with Gasteiger partial charge in [0, 0.05) is 6.54 Å². The van der Waals surface area contributed by atoms with Gasteiger partial charge in [0.15, 0.2) is 0 Å². The molecule has 0 atom stereocenters. The number of hydrogen-bond donors (Lipinski definition) is 1. The largest absolute Gasteiger partial charge is 0.494 e. The number of ether oxygens (including phenoxy) is 2. The van der Waals surface area contributed by atoms with Crippen LogP contribution in [0.1, 0.15) is 25.8 Å². The van der Waals surface area contributed by atoms with Crippen molar-refractivity contribution in [2.24, 2.45) is 0 Å². The van der Waals surface area contributed by atoms with E-state index >= 15 is 0 Å². The third-order valence-corrected chi connectivity index (χ3v) is 5.05. The van der Waals surface area contributed by atoms with Gasteiger partial charge in [-0.2, -0.15) is 0 Å². The zero-order valence-corrected chi connectivity index (χ0v) is 15.5. The lowest BCUT2D eigenvalue weighted by molar-refractivity contribution is 0.322. The van der Waals surface area contributed by atoms with Gasteiger partial charge in [-0.3, -0.25) is 0 Å². The maximum atomic E-state index is 12.2. The molecule has 0 aliphatic rings. The highest BCUT2D eigenvalue weighted by Crippen LogP contribution is 2.16. The highest BCUT2D eigenvalue weighted by molar-refractivity contribution is 7.89. The van der Waals surface area contributed by atoms with Gasteiger partial charge < -0.3 is 9.47 Å². The van der Waals surface area contributed by atoms with Crippen molar-refractivity contribution in [2.45, 2.75) is 31.6 Å². The van der Waals surface area contributed by atoms with Crippen LogP contribution in [0.2, 0.25) is 0 Å². The van der Waals surface area contributed by atoms with Gasteiger partial charge in [0.25, 0.3) is 0 Å². The first kappa shape index (κ1) is 19.3. The van der Waals surface area contributed by atoms with Crippen molar-refractivity contribution in [3.8, 4) is 11.5 Å². The predicted octanol–water partition coefficient (Wildman–Crippen LogP) is 3.40. The van der Waals surface area contributed by atoms with Crippen LogP contribution in [0.25, 0.3) is 0 Å². The van der Waals surface area contributed by atoms with Crippen LogP contribution in [-0.2, 0) is 16.4 Å². The third kappa shape index (κ3) is 6.07. The molecule has 5 nitrogen and oxygen atoms in total. The summed E-state index contributed by atoms with van der Waals surface area (Å²) in [7, 11) is -3.55. The lowest BCUT2D eigenvalue weighted by Gasteiger charge is -2.10. The van der Waals surface area contributed by atoms with E-state index in [-0.39, 0.29) is 18.0 Å². The van der Waals surface area contributed by atoms with Crippen LogP contribution >= 0.6 is 0 Å². The molecule has 2 aromatic carbocycles. The van der Waals surface area contributed by atoms with E-state index < -0.39 is 10.0 Å². The summed E-state index contributed by atoms with van der Waals surface area (Å²) in [6.07, 6.45) is 2.15. The Labute approximate surface area is 150 Å². The molecule has 25 heavy (non-hydrogen) atoms. The molecule has 2 rings (SSSR count). The Morgan fingerprint density at radius 2 is 1.48 bits per heavy atom. The quantitative estimate of drug-likeness (QED) is 0.657. The van der Waals surface area contributed by atoms with E-state index in [1.165, 1.54) is 17.7 Å². The summed E-state index contributed by atoms with van der Waals surface area (Å²) in [6, 6.07) is 14.2. The molecule has 2 aromatic rings. The predicted molar refractivity (Wildman–Crippen MR) is 98.7 cm³/mol. The van der Waals surface area contributed by atoms with Gasteiger partial charge in [-0.1, -0.05) is 25.5 Å². The number of hydrogen-bond acceptors (Lipinski definition) is 4. The number of nitrogens with one attached hydrogen (secondary N) is 1. The summed E-state index contributed by atoms with van der Waals surface area (Å²) in [5, 5.41) is 0. The Hall–Kier alpha value is -2.05. The maximum absolute atomic E-state index is 12.2. The second-order valence-corrected chi connectivity index (χ2v) is 7.31. The zero-order chi connectivity index (χ0) is 18.1. The third-order valence-electron chi connectivity index (χ3n) is 3.57. The highest BCUT2D eigenvalue weighted by Gasteiger charge is 2.13. The van der Waals surface area contributed by atoms with Gasteiger partial charge in [0.05, 0.1) is 11.5 Å². The molecule has 0 aliphatic carbocycles. The van der Waals surface area contributed by atoms with Gasteiger partial charge in [-0.25, -0.2) is 13.1 Å². The van der Waals surface area contributed by atoms with Gasteiger partial charge >= 0.3 is 0 Å². The first-order valence-corrected chi connectivity index (χ1v) is 9.97. The molecule has 0 bridgehead atoms. The molecule has 0 saturated heterocycles. The summed E-state index contributed by atoms with van der Waals surface area (Å²) in [5.41, 5.74) is 1.27. The van der Waals surface area contributed by atoms with Gasteiger partial charge in [-0.05, 0) is 55.3 Å². The molecule has 0 saturated carbocycles. The Balaban J connectivity index is 1.81. The fraction of sp³-hybridized carbons (Fsp3) is 0.368. The fourth-order valence-electron chi connectivity index (χ4n) is 2.35. The minimum absolute atomic E-state index is 0.201. The number of sulfonamides is 1. The van der Waals surface area contributed by atoms with Crippen LogP contribution in [0.5, 0.6) is 11.5 Å². The monoisotopic (exact) mass is 363 g/mol. The van der Waals surface area contributed by atoms with E-state index in [4.69, 9.17) is 9.47 Å². The second-order valence-electron chi connectivity index (χ2n) is 5.54. The molecule has 0 radical (unpaired) electrons. The second kappa shape index (κ2) is 9.44. The number of rotatable bonds is 10. The topological polar surface area (TPSA) is 64.6 Å². The van der Waals surface area contributed by atoms with Crippen molar-refractivity contribution in [1.82, 2.24) is 4.72 Å². The molecule has 0 amide bonds. The highest BCUT2D eigenvalue weighted by atomic mass is 32.2. The van der Waals surface area contributed by atoms with E-state index in [1.807, 2.05) is 31.2 Å². The molecule has 0 fully saturated rings. The van der Waals surface area contributed by atoms with Crippen LogP contribution in [0.3, 0.4) is 0 Å². The molecular formula is C19H25NO4S. The van der Waals surface area contributed by atoms with Gasteiger partial charge in [0.1, 0.15) is 18.1 Å². The molecule has 1 N–H and O–H groups in total. The van der Waals surface area contributed by atoms with Crippen molar-refractivity contribution in [1.29, 1.82) is 0 Å². The van der Waals surface area contributed by atoms with E-state index in [0.29, 0.717) is 12.4 Å².